The first-order chi connectivity index (χ1) is 16.4. The third-order valence-electron chi connectivity index (χ3n) is 7.71. The quantitative estimate of drug-likeness (QED) is 0.356. The van der Waals surface area contributed by atoms with Gasteiger partial charge in [-0.15, -0.1) is 0 Å². The zero-order valence-corrected chi connectivity index (χ0v) is 23.4. The van der Waals surface area contributed by atoms with Gasteiger partial charge in [0.1, 0.15) is 11.0 Å². The molecule has 0 N–H and O–H groups in total. The normalized spacial score (nSPS) is 20.5. The van der Waals surface area contributed by atoms with Crippen molar-refractivity contribution in [2.75, 3.05) is 7.05 Å². The standard InChI is InChI=1S/C30H44NOPS/c1-30(2,3)34(32)31(4)29(24-16-8-5-9-17-24)27-22-14-15-23-28(27)33(25-18-10-6-11-19-25)26-20-12-7-13-21-26/h5,8-9,14-17,22-23,25-26,29H,6-7,10-13,18-21H2,1-4H3/t29-,34+/m0/s1. The highest BCUT2D eigenvalue weighted by atomic mass is 32.2. The van der Waals surface area contributed by atoms with Gasteiger partial charge in [-0.3, -0.25) is 0 Å². The first-order valence-corrected chi connectivity index (χ1v) is 16.0. The van der Waals surface area contributed by atoms with Gasteiger partial charge in [-0.25, -0.2) is 8.51 Å². The number of hydrogen-bond donors (Lipinski definition) is 0. The molecule has 0 bridgehead atoms. The van der Waals surface area contributed by atoms with Crippen LogP contribution in [0, 0.1) is 0 Å². The van der Waals surface area contributed by atoms with Crippen LogP contribution in [-0.2, 0) is 11.0 Å². The molecule has 2 atom stereocenters. The smallest absolute Gasteiger partial charge is 0.100 e. The van der Waals surface area contributed by atoms with Crippen LogP contribution in [0.4, 0.5) is 0 Å². The molecule has 2 nitrogen and oxygen atoms in total. The number of hydrogen-bond acceptors (Lipinski definition) is 1. The average molecular weight is 498 g/mol. The molecule has 0 amide bonds. The van der Waals surface area contributed by atoms with Gasteiger partial charge in [0.2, 0.25) is 0 Å². The summed E-state index contributed by atoms with van der Waals surface area (Å²) in [5, 5.41) is 1.60. The van der Waals surface area contributed by atoms with Gasteiger partial charge in [-0.1, -0.05) is 101 Å². The summed E-state index contributed by atoms with van der Waals surface area (Å²) in [6.45, 7) is 6.26. The molecular weight excluding hydrogens is 453 g/mol. The minimum Gasteiger partial charge on any atom is -0.242 e. The van der Waals surface area contributed by atoms with Crippen molar-refractivity contribution in [1.29, 1.82) is 0 Å². The predicted octanol–water partition coefficient (Wildman–Crippen LogP) is 7.94. The highest BCUT2D eigenvalue weighted by molar-refractivity contribution is 7.84. The van der Waals surface area contributed by atoms with Crippen LogP contribution < -0.4 is 5.30 Å². The number of benzene rings is 2. The molecule has 0 aliphatic heterocycles. The van der Waals surface area contributed by atoms with E-state index in [1.165, 1.54) is 75.3 Å². The lowest BCUT2D eigenvalue weighted by Crippen LogP contribution is -2.39. The molecule has 2 aromatic rings. The van der Waals surface area contributed by atoms with Gasteiger partial charge in [0.05, 0.1) is 10.8 Å². The van der Waals surface area contributed by atoms with Crippen molar-refractivity contribution in [1.82, 2.24) is 4.31 Å². The van der Waals surface area contributed by atoms with Crippen molar-refractivity contribution in [3.05, 3.63) is 65.7 Å². The Balaban J connectivity index is 1.82. The summed E-state index contributed by atoms with van der Waals surface area (Å²) < 4.78 is 15.5. The highest BCUT2D eigenvalue weighted by Gasteiger charge is 2.37. The third kappa shape index (κ3) is 6.03. The van der Waals surface area contributed by atoms with Crippen molar-refractivity contribution in [3.63, 3.8) is 0 Å². The Hall–Kier alpha value is -1.02. The molecular formula is C30H44NOPS. The molecule has 0 spiro atoms. The van der Waals surface area contributed by atoms with E-state index in [-0.39, 0.29) is 18.7 Å². The Morgan fingerprint density at radius 2 is 1.29 bits per heavy atom. The van der Waals surface area contributed by atoms with Gasteiger partial charge < -0.3 is 0 Å². The summed E-state index contributed by atoms with van der Waals surface area (Å²) in [4.78, 5) is 0. The Bertz CT molecular complexity index is 910. The van der Waals surface area contributed by atoms with E-state index in [9.17, 15) is 4.21 Å². The molecule has 4 rings (SSSR count). The fourth-order valence-corrected chi connectivity index (χ4v) is 11.4. The van der Waals surface area contributed by atoms with E-state index in [2.05, 4.69) is 86.7 Å². The summed E-state index contributed by atoms with van der Waals surface area (Å²) >= 11 is 0. The summed E-state index contributed by atoms with van der Waals surface area (Å²) in [7, 11) is 0.732. The van der Waals surface area contributed by atoms with Crippen molar-refractivity contribution >= 4 is 24.2 Å². The maximum absolute atomic E-state index is 13.7. The summed E-state index contributed by atoms with van der Waals surface area (Å²) in [5.74, 6) is 0. The zero-order valence-electron chi connectivity index (χ0n) is 21.7. The van der Waals surface area contributed by atoms with Crippen molar-refractivity contribution in [2.45, 2.75) is 107 Å². The molecule has 2 aliphatic rings. The summed E-state index contributed by atoms with van der Waals surface area (Å²) in [5.41, 5.74) is 4.35. The molecule has 0 aromatic heterocycles. The molecule has 0 heterocycles. The maximum atomic E-state index is 13.7. The van der Waals surface area contributed by atoms with Crippen molar-refractivity contribution in [3.8, 4) is 0 Å². The number of nitrogens with zero attached hydrogens (tertiary/aromatic N) is 1. The van der Waals surface area contributed by atoms with E-state index >= 15 is 0 Å². The zero-order chi connectivity index (χ0) is 24.1. The molecule has 0 saturated heterocycles. The second-order valence-corrected chi connectivity index (χ2v) is 16.3. The second-order valence-electron chi connectivity index (χ2n) is 11.3. The van der Waals surface area contributed by atoms with Crippen LogP contribution in [0.15, 0.2) is 54.6 Å². The van der Waals surface area contributed by atoms with Crippen LogP contribution in [0.2, 0.25) is 0 Å². The van der Waals surface area contributed by atoms with Crippen LogP contribution in [0.5, 0.6) is 0 Å². The molecule has 0 unspecified atom stereocenters. The third-order valence-corrected chi connectivity index (χ3v) is 13.1. The molecule has 2 aliphatic carbocycles. The number of rotatable bonds is 7. The van der Waals surface area contributed by atoms with Crippen molar-refractivity contribution < 1.29 is 4.21 Å². The maximum Gasteiger partial charge on any atom is 0.100 e. The van der Waals surface area contributed by atoms with E-state index < -0.39 is 11.0 Å². The Morgan fingerprint density at radius 1 is 0.794 bits per heavy atom. The monoisotopic (exact) mass is 497 g/mol. The fraction of sp³-hybridized carbons (Fsp3) is 0.600. The van der Waals surface area contributed by atoms with Gasteiger partial charge in [0, 0.05) is 7.05 Å². The van der Waals surface area contributed by atoms with E-state index in [0.29, 0.717) is 0 Å². The van der Waals surface area contributed by atoms with E-state index in [1.54, 1.807) is 5.30 Å². The lowest BCUT2D eigenvalue weighted by molar-refractivity contribution is 0.441. The van der Waals surface area contributed by atoms with Gasteiger partial charge >= 0.3 is 0 Å². The average Bonchev–Trinajstić information content (AvgIpc) is 2.86. The first-order valence-electron chi connectivity index (χ1n) is 13.4. The fourth-order valence-electron chi connectivity index (χ4n) is 6.11. The summed E-state index contributed by atoms with van der Waals surface area (Å²) in [6, 6.07) is 20.1. The minimum absolute atomic E-state index is 0.00893. The Kier molecular flexibility index (Phi) is 9.05. The molecule has 2 fully saturated rings. The molecule has 186 valence electrons. The van der Waals surface area contributed by atoms with Gasteiger partial charge in [-0.05, 0) is 74.2 Å². The molecule has 4 heteroatoms. The van der Waals surface area contributed by atoms with Crippen LogP contribution >= 0.6 is 7.92 Å². The molecule has 2 aromatic carbocycles. The highest BCUT2D eigenvalue weighted by Crippen LogP contribution is 2.56. The first kappa shape index (κ1) is 26.1. The molecule has 34 heavy (non-hydrogen) atoms. The van der Waals surface area contributed by atoms with Crippen molar-refractivity contribution in [2.24, 2.45) is 0 Å². The van der Waals surface area contributed by atoms with E-state index in [1.807, 2.05) is 0 Å². The van der Waals surface area contributed by atoms with E-state index in [4.69, 9.17) is 0 Å². The lowest BCUT2D eigenvalue weighted by Gasteiger charge is -2.41. The topological polar surface area (TPSA) is 20.3 Å². The lowest BCUT2D eigenvalue weighted by atomic mass is 9.98. The van der Waals surface area contributed by atoms with Crippen LogP contribution in [-0.4, -0.2) is 31.6 Å². The largest absolute Gasteiger partial charge is 0.242 e. The van der Waals surface area contributed by atoms with Crippen LogP contribution in [0.3, 0.4) is 0 Å². The molecule has 0 radical (unpaired) electrons. The SMILES string of the molecule is CN([C@@H](c1ccccc1)c1ccccc1P(C1CCCCC1)C1CCCCC1)[S@](=O)C(C)(C)C. The Morgan fingerprint density at radius 3 is 1.82 bits per heavy atom. The minimum atomic E-state index is -1.10. The Labute approximate surface area is 212 Å². The van der Waals surface area contributed by atoms with E-state index in [0.717, 1.165) is 11.3 Å². The molecule has 2 saturated carbocycles. The summed E-state index contributed by atoms with van der Waals surface area (Å²) in [6.07, 6.45) is 14.0. The van der Waals surface area contributed by atoms with Gasteiger partial charge in [-0.2, -0.15) is 0 Å². The predicted molar refractivity (Wildman–Crippen MR) is 151 cm³/mol. The van der Waals surface area contributed by atoms with Gasteiger partial charge in [0.25, 0.3) is 0 Å². The van der Waals surface area contributed by atoms with Crippen LogP contribution in [0.25, 0.3) is 0 Å². The second kappa shape index (κ2) is 11.8. The van der Waals surface area contributed by atoms with Gasteiger partial charge in [0.15, 0.2) is 0 Å². The van der Waals surface area contributed by atoms with Crippen LogP contribution in [0.1, 0.15) is 102 Å².